The summed E-state index contributed by atoms with van der Waals surface area (Å²) in [7, 11) is 0. The Kier molecular flexibility index (Phi) is 4.18. The molecule has 1 aromatic heterocycles. The van der Waals surface area contributed by atoms with Gasteiger partial charge in [-0.25, -0.2) is 4.98 Å². The van der Waals surface area contributed by atoms with Crippen LogP contribution in [0.4, 0.5) is 15.8 Å². The Labute approximate surface area is 121 Å². The van der Waals surface area contributed by atoms with Gasteiger partial charge in [-0.2, -0.15) is 0 Å². The van der Waals surface area contributed by atoms with E-state index < -0.39 is 9.85 Å². The second kappa shape index (κ2) is 6.05. The molecule has 10 heteroatoms. The molecule has 0 spiro atoms. The Hall–Kier alpha value is -2.88. The van der Waals surface area contributed by atoms with Gasteiger partial charge in [0, 0.05) is 17.7 Å². The molecule has 108 valence electrons. The van der Waals surface area contributed by atoms with Crippen LogP contribution in [-0.2, 0) is 0 Å². The number of Topliss-reactive ketones (excluding diaryl/α,β-unsaturated/α-hetero) is 1. The van der Waals surface area contributed by atoms with Gasteiger partial charge in [0.1, 0.15) is 6.20 Å². The molecule has 2 aromatic rings. The average molecular weight is 308 g/mol. The minimum absolute atomic E-state index is 0.102. The molecule has 1 N–H and O–H groups in total. The Morgan fingerprint density at radius 2 is 1.86 bits per heavy atom. The highest BCUT2D eigenvalue weighted by molar-refractivity contribution is 7.18. The van der Waals surface area contributed by atoms with Gasteiger partial charge >= 0.3 is 5.00 Å². The van der Waals surface area contributed by atoms with Gasteiger partial charge in [0.25, 0.3) is 5.69 Å². The summed E-state index contributed by atoms with van der Waals surface area (Å²) in [6.07, 6.45) is 1.10. The van der Waals surface area contributed by atoms with Crippen molar-refractivity contribution in [2.24, 2.45) is 0 Å². The number of ketones is 1. The van der Waals surface area contributed by atoms with E-state index in [1.165, 1.54) is 24.3 Å². The predicted octanol–water partition coefficient (Wildman–Crippen LogP) is 2.25. The van der Waals surface area contributed by atoms with Gasteiger partial charge < -0.3 is 5.32 Å². The van der Waals surface area contributed by atoms with Crippen molar-refractivity contribution < 1.29 is 14.6 Å². The molecule has 1 aromatic carbocycles. The van der Waals surface area contributed by atoms with E-state index in [4.69, 9.17) is 0 Å². The van der Waals surface area contributed by atoms with E-state index in [1.54, 1.807) is 0 Å². The van der Waals surface area contributed by atoms with Gasteiger partial charge in [0.15, 0.2) is 10.9 Å². The van der Waals surface area contributed by atoms with E-state index in [2.05, 4.69) is 10.3 Å². The van der Waals surface area contributed by atoms with Crippen LogP contribution in [0.15, 0.2) is 30.5 Å². The lowest BCUT2D eigenvalue weighted by atomic mass is 10.1. The molecular weight excluding hydrogens is 300 g/mol. The molecular formula is C11H8N4O5S. The highest BCUT2D eigenvalue weighted by Gasteiger charge is 2.13. The Bertz CT molecular complexity index is 697. The van der Waals surface area contributed by atoms with Crippen LogP contribution in [0.25, 0.3) is 0 Å². The van der Waals surface area contributed by atoms with Gasteiger partial charge in [0.05, 0.1) is 16.4 Å². The number of aromatic nitrogens is 1. The summed E-state index contributed by atoms with van der Waals surface area (Å²) >= 11 is 0.822. The molecule has 0 atom stereocenters. The maximum Gasteiger partial charge on any atom is 0.345 e. The topological polar surface area (TPSA) is 128 Å². The van der Waals surface area contributed by atoms with Crippen LogP contribution in [0.5, 0.6) is 0 Å². The largest absolute Gasteiger partial charge is 0.354 e. The average Bonchev–Trinajstić information content (AvgIpc) is 2.94. The van der Waals surface area contributed by atoms with E-state index in [0.717, 1.165) is 17.5 Å². The molecule has 0 aliphatic carbocycles. The highest BCUT2D eigenvalue weighted by atomic mass is 32.1. The SMILES string of the molecule is O=C(CNc1ncc([N+](=O)[O-])s1)c1ccc([N+](=O)[O-])cc1. The predicted molar refractivity (Wildman–Crippen MR) is 74.7 cm³/mol. The minimum atomic E-state index is -0.568. The number of nitro benzene ring substituents is 1. The third-order valence-electron chi connectivity index (χ3n) is 2.47. The van der Waals surface area contributed by atoms with E-state index >= 15 is 0 Å². The zero-order valence-corrected chi connectivity index (χ0v) is 11.2. The standard InChI is InChI=1S/C11H8N4O5S/c16-9(7-1-3-8(4-2-7)14(17)18)5-12-11-13-6-10(21-11)15(19)20/h1-4,6H,5H2,(H,12,13). The van der Waals surface area contributed by atoms with Crippen LogP contribution >= 0.6 is 11.3 Å². The maximum atomic E-state index is 11.9. The third-order valence-corrected chi connectivity index (χ3v) is 3.38. The summed E-state index contributed by atoms with van der Waals surface area (Å²) in [4.78, 5) is 35.5. The van der Waals surface area contributed by atoms with Crippen LogP contribution < -0.4 is 5.32 Å². The number of carbonyl (C=O) groups excluding carboxylic acids is 1. The summed E-state index contributed by atoms with van der Waals surface area (Å²) in [5, 5.41) is 23.8. The normalized spacial score (nSPS) is 10.1. The van der Waals surface area contributed by atoms with Crippen LogP contribution in [0.1, 0.15) is 10.4 Å². The lowest BCUT2D eigenvalue weighted by molar-refractivity contribution is -0.384. The smallest absolute Gasteiger partial charge is 0.345 e. The van der Waals surface area contributed by atoms with Gasteiger partial charge in [0.2, 0.25) is 0 Å². The second-order valence-corrected chi connectivity index (χ2v) is 4.85. The Morgan fingerprint density at radius 1 is 1.19 bits per heavy atom. The summed E-state index contributed by atoms with van der Waals surface area (Å²) in [6.45, 7) is -0.109. The van der Waals surface area contributed by atoms with Gasteiger partial charge in [-0.05, 0) is 23.5 Å². The number of non-ortho nitro benzene ring substituents is 1. The molecule has 21 heavy (non-hydrogen) atoms. The molecule has 0 amide bonds. The molecule has 0 saturated carbocycles. The van der Waals surface area contributed by atoms with Crippen LogP contribution in [0, 0.1) is 20.2 Å². The molecule has 0 saturated heterocycles. The number of nitrogens with zero attached hydrogens (tertiary/aromatic N) is 3. The molecule has 0 bridgehead atoms. The number of rotatable bonds is 6. The number of carbonyl (C=O) groups is 1. The number of anilines is 1. The molecule has 0 aliphatic rings. The van der Waals surface area contributed by atoms with E-state index in [-0.39, 0.29) is 28.1 Å². The minimum Gasteiger partial charge on any atom is -0.354 e. The van der Waals surface area contributed by atoms with E-state index in [1.807, 2.05) is 0 Å². The summed E-state index contributed by atoms with van der Waals surface area (Å²) < 4.78 is 0. The summed E-state index contributed by atoms with van der Waals surface area (Å²) in [6, 6.07) is 5.18. The van der Waals surface area contributed by atoms with Crippen LogP contribution in [0.3, 0.4) is 0 Å². The van der Waals surface area contributed by atoms with Crippen LogP contribution in [-0.4, -0.2) is 27.2 Å². The van der Waals surface area contributed by atoms with Crippen molar-refractivity contribution in [2.75, 3.05) is 11.9 Å². The Morgan fingerprint density at radius 3 is 2.38 bits per heavy atom. The van der Waals surface area contributed by atoms with Crippen molar-refractivity contribution in [3.05, 3.63) is 56.3 Å². The number of thiazole rings is 1. The maximum absolute atomic E-state index is 11.9. The van der Waals surface area contributed by atoms with Gasteiger partial charge in [-0.3, -0.25) is 25.0 Å². The number of nitrogens with one attached hydrogen (secondary N) is 1. The third kappa shape index (κ3) is 3.57. The molecule has 9 nitrogen and oxygen atoms in total. The first-order chi connectivity index (χ1) is 9.97. The Balaban J connectivity index is 1.97. The van der Waals surface area contributed by atoms with Crippen molar-refractivity contribution in [1.29, 1.82) is 0 Å². The second-order valence-electron chi connectivity index (χ2n) is 3.84. The zero-order valence-electron chi connectivity index (χ0n) is 10.4. The number of hydrogen-bond acceptors (Lipinski definition) is 8. The van der Waals surface area contributed by atoms with Gasteiger partial charge in [-0.1, -0.05) is 0 Å². The van der Waals surface area contributed by atoms with Crippen molar-refractivity contribution in [3.8, 4) is 0 Å². The molecule has 0 aliphatic heterocycles. The van der Waals surface area contributed by atoms with Crippen molar-refractivity contribution >= 4 is 32.9 Å². The molecule has 1 heterocycles. The van der Waals surface area contributed by atoms with Crippen molar-refractivity contribution in [1.82, 2.24) is 4.98 Å². The lowest BCUT2D eigenvalue weighted by Crippen LogP contribution is -2.13. The quantitative estimate of drug-likeness (QED) is 0.492. The summed E-state index contributed by atoms with van der Waals surface area (Å²) in [5.74, 6) is -0.303. The first-order valence-electron chi connectivity index (χ1n) is 5.59. The van der Waals surface area contributed by atoms with E-state index in [9.17, 15) is 25.0 Å². The fourth-order valence-electron chi connectivity index (χ4n) is 1.46. The van der Waals surface area contributed by atoms with E-state index in [0.29, 0.717) is 5.56 Å². The van der Waals surface area contributed by atoms with Gasteiger partial charge in [-0.15, -0.1) is 0 Å². The number of hydrogen-bond donors (Lipinski definition) is 1. The highest BCUT2D eigenvalue weighted by Crippen LogP contribution is 2.24. The van der Waals surface area contributed by atoms with Crippen molar-refractivity contribution in [2.45, 2.75) is 0 Å². The molecule has 0 radical (unpaired) electrons. The number of benzene rings is 1. The van der Waals surface area contributed by atoms with Crippen molar-refractivity contribution in [3.63, 3.8) is 0 Å². The fraction of sp³-hybridized carbons (Fsp3) is 0.0909. The monoisotopic (exact) mass is 308 g/mol. The first-order valence-corrected chi connectivity index (χ1v) is 6.41. The molecule has 2 rings (SSSR count). The first kappa shape index (κ1) is 14.5. The molecule has 0 unspecified atom stereocenters. The van der Waals surface area contributed by atoms with Crippen LogP contribution in [0.2, 0.25) is 0 Å². The number of nitro groups is 2. The fourth-order valence-corrected chi connectivity index (χ4v) is 2.09. The molecule has 0 fully saturated rings. The summed E-state index contributed by atoms with van der Waals surface area (Å²) in [5.41, 5.74) is 0.203. The lowest BCUT2D eigenvalue weighted by Gasteiger charge is -2.01. The zero-order chi connectivity index (χ0) is 15.4.